The smallest absolute Gasteiger partial charge is 0.0924 e. The van der Waals surface area contributed by atoms with E-state index in [1.54, 1.807) is 0 Å². The van der Waals surface area contributed by atoms with E-state index >= 15 is 0 Å². The van der Waals surface area contributed by atoms with Gasteiger partial charge in [-0.05, 0) is 53.6 Å². The van der Waals surface area contributed by atoms with Crippen molar-refractivity contribution >= 4 is 15.9 Å². The van der Waals surface area contributed by atoms with Crippen LogP contribution in [0.3, 0.4) is 0 Å². The van der Waals surface area contributed by atoms with Gasteiger partial charge in [-0.3, -0.25) is 4.90 Å². The molecule has 1 fully saturated rings. The minimum Gasteiger partial charge on any atom is -0.385 e. The number of likely N-dealkylation sites (tertiary alicyclic amines) is 1. The Bertz CT molecular complexity index is 966. The molecular formula is C26H29BrN2O. The van der Waals surface area contributed by atoms with Crippen molar-refractivity contribution in [1.29, 1.82) is 0 Å². The van der Waals surface area contributed by atoms with Crippen LogP contribution in [0.2, 0.25) is 0 Å². The number of halogens is 1. The second-order valence-electron chi connectivity index (χ2n) is 8.21. The largest absolute Gasteiger partial charge is 0.385 e. The zero-order valence-electron chi connectivity index (χ0n) is 17.4. The first kappa shape index (κ1) is 21.3. The molecule has 1 heterocycles. The van der Waals surface area contributed by atoms with Crippen molar-refractivity contribution in [2.24, 2.45) is 5.73 Å². The van der Waals surface area contributed by atoms with E-state index < -0.39 is 5.60 Å². The van der Waals surface area contributed by atoms with Crippen molar-refractivity contribution in [1.82, 2.24) is 4.90 Å². The van der Waals surface area contributed by atoms with Gasteiger partial charge in [-0.2, -0.15) is 0 Å². The van der Waals surface area contributed by atoms with Gasteiger partial charge < -0.3 is 10.8 Å². The first-order valence-electron chi connectivity index (χ1n) is 10.6. The average Bonchev–Trinajstić information content (AvgIpc) is 2.78. The van der Waals surface area contributed by atoms with Crippen LogP contribution in [0, 0.1) is 6.92 Å². The molecule has 3 aromatic carbocycles. The van der Waals surface area contributed by atoms with E-state index in [1.165, 1.54) is 16.7 Å². The number of nitrogens with zero attached hydrogens (tertiary/aromatic N) is 1. The lowest BCUT2D eigenvalue weighted by Crippen LogP contribution is -2.45. The molecule has 1 aliphatic rings. The van der Waals surface area contributed by atoms with E-state index in [1.807, 2.05) is 24.3 Å². The van der Waals surface area contributed by atoms with Crippen LogP contribution >= 0.6 is 15.9 Å². The van der Waals surface area contributed by atoms with Crippen molar-refractivity contribution in [3.63, 3.8) is 0 Å². The minimum absolute atomic E-state index is 0.149. The number of hydrogen-bond acceptors (Lipinski definition) is 3. The standard InChI is InChI=1S/C26H29BrN2O/c1-19-8-2-4-10-21(19)25(22-11-5-7-13-24(22)27)29-16-14-26(30,15-17-29)23-12-6-3-9-20(23)18-28/h2-13,25,30H,14-18,28H2,1H3. The highest BCUT2D eigenvalue weighted by molar-refractivity contribution is 9.10. The fourth-order valence-corrected chi connectivity index (χ4v) is 5.23. The molecule has 3 nitrogen and oxygen atoms in total. The van der Waals surface area contributed by atoms with Gasteiger partial charge >= 0.3 is 0 Å². The number of nitrogens with two attached hydrogens (primary N) is 1. The second-order valence-corrected chi connectivity index (χ2v) is 9.06. The molecule has 3 aromatic rings. The molecule has 4 heteroatoms. The molecule has 1 atom stereocenters. The molecule has 0 spiro atoms. The Kier molecular flexibility index (Phi) is 6.40. The molecule has 1 aliphatic heterocycles. The Hall–Kier alpha value is -1.98. The van der Waals surface area contributed by atoms with Crippen LogP contribution in [0.1, 0.15) is 46.7 Å². The maximum absolute atomic E-state index is 11.5. The van der Waals surface area contributed by atoms with Crippen LogP contribution in [0.15, 0.2) is 77.3 Å². The van der Waals surface area contributed by atoms with Crippen LogP contribution in [0.25, 0.3) is 0 Å². The van der Waals surface area contributed by atoms with E-state index in [0.717, 1.165) is 28.7 Å². The molecule has 0 bridgehead atoms. The van der Waals surface area contributed by atoms with Gasteiger partial charge in [0.05, 0.1) is 11.6 Å². The number of hydrogen-bond donors (Lipinski definition) is 2. The van der Waals surface area contributed by atoms with E-state index in [-0.39, 0.29) is 6.04 Å². The van der Waals surface area contributed by atoms with E-state index in [2.05, 4.69) is 76.3 Å². The van der Waals surface area contributed by atoms with Crippen LogP contribution in [0.4, 0.5) is 0 Å². The molecule has 30 heavy (non-hydrogen) atoms. The van der Waals surface area contributed by atoms with E-state index in [0.29, 0.717) is 19.4 Å². The quantitative estimate of drug-likeness (QED) is 0.539. The Morgan fingerprint density at radius 1 is 0.933 bits per heavy atom. The summed E-state index contributed by atoms with van der Waals surface area (Å²) in [5.41, 5.74) is 11.0. The van der Waals surface area contributed by atoms with Crippen LogP contribution in [-0.4, -0.2) is 23.1 Å². The van der Waals surface area contributed by atoms with Crippen LogP contribution < -0.4 is 5.73 Å². The summed E-state index contributed by atoms with van der Waals surface area (Å²) in [6.07, 6.45) is 1.38. The first-order valence-corrected chi connectivity index (χ1v) is 11.4. The summed E-state index contributed by atoms with van der Waals surface area (Å²) in [6, 6.07) is 25.3. The van der Waals surface area contributed by atoms with Crippen molar-refractivity contribution in [3.05, 3.63) is 105 Å². The Labute approximate surface area is 187 Å². The Morgan fingerprint density at radius 2 is 1.53 bits per heavy atom. The van der Waals surface area contributed by atoms with E-state index in [9.17, 15) is 5.11 Å². The summed E-state index contributed by atoms with van der Waals surface area (Å²) in [5.74, 6) is 0. The van der Waals surface area contributed by atoms with Crippen molar-refractivity contribution < 1.29 is 5.11 Å². The molecule has 0 aliphatic carbocycles. The molecule has 1 unspecified atom stereocenters. The Balaban J connectivity index is 1.66. The number of rotatable bonds is 5. The second kappa shape index (κ2) is 9.03. The summed E-state index contributed by atoms with van der Waals surface area (Å²) < 4.78 is 1.12. The van der Waals surface area contributed by atoms with Gasteiger partial charge in [0.1, 0.15) is 0 Å². The highest BCUT2D eigenvalue weighted by atomic mass is 79.9. The molecule has 0 saturated carbocycles. The van der Waals surface area contributed by atoms with Gasteiger partial charge in [-0.25, -0.2) is 0 Å². The highest BCUT2D eigenvalue weighted by Crippen LogP contribution is 2.41. The molecule has 0 amide bonds. The number of aryl methyl sites for hydroxylation is 1. The molecule has 0 radical (unpaired) electrons. The zero-order chi connectivity index (χ0) is 21.1. The summed E-state index contributed by atoms with van der Waals surface area (Å²) >= 11 is 3.77. The summed E-state index contributed by atoms with van der Waals surface area (Å²) in [7, 11) is 0. The highest BCUT2D eigenvalue weighted by Gasteiger charge is 2.38. The maximum Gasteiger partial charge on any atom is 0.0924 e. The predicted octanol–water partition coefficient (Wildman–Crippen LogP) is 5.29. The molecule has 4 rings (SSSR count). The monoisotopic (exact) mass is 464 g/mol. The van der Waals surface area contributed by atoms with Gasteiger partial charge in [-0.15, -0.1) is 0 Å². The van der Waals surface area contributed by atoms with Gasteiger partial charge in [0, 0.05) is 24.1 Å². The van der Waals surface area contributed by atoms with Crippen LogP contribution in [0.5, 0.6) is 0 Å². The lowest BCUT2D eigenvalue weighted by Gasteiger charge is -2.43. The van der Waals surface area contributed by atoms with Gasteiger partial charge in [-0.1, -0.05) is 82.7 Å². The molecule has 3 N–H and O–H groups in total. The van der Waals surface area contributed by atoms with Crippen LogP contribution in [-0.2, 0) is 12.1 Å². The SMILES string of the molecule is Cc1ccccc1C(c1ccccc1Br)N1CCC(O)(c2ccccc2CN)CC1. The molecule has 156 valence electrons. The average molecular weight is 465 g/mol. The third-order valence-electron chi connectivity index (χ3n) is 6.41. The number of piperidine rings is 1. The molecule has 0 aromatic heterocycles. The normalized spacial score (nSPS) is 17.6. The predicted molar refractivity (Wildman–Crippen MR) is 126 cm³/mol. The van der Waals surface area contributed by atoms with Gasteiger partial charge in [0.15, 0.2) is 0 Å². The van der Waals surface area contributed by atoms with E-state index in [4.69, 9.17) is 5.73 Å². The van der Waals surface area contributed by atoms with Crippen molar-refractivity contribution in [2.75, 3.05) is 13.1 Å². The minimum atomic E-state index is -0.823. The zero-order valence-corrected chi connectivity index (χ0v) is 19.0. The summed E-state index contributed by atoms with van der Waals surface area (Å²) in [6.45, 7) is 4.26. The fourth-order valence-electron chi connectivity index (χ4n) is 4.73. The fraction of sp³-hybridized carbons (Fsp3) is 0.308. The molecule has 1 saturated heterocycles. The van der Waals surface area contributed by atoms with Crippen molar-refractivity contribution in [3.8, 4) is 0 Å². The first-order chi connectivity index (χ1) is 14.5. The van der Waals surface area contributed by atoms with Gasteiger partial charge in [0.25, 0.3) is 0 Å². The topological polar surface area (TPSA) is 49.5 Å². The van der Waals surface area contributed by atoms with Crippen molar-refractivity contribution in [2.45, 2.75) is 38.0 Å². The molecular weight excluding hydrogens is 436 g/mol. The third kappa shape index (κ3) is 4.10. The number of benzene rings is 3. The third-order valence-corrected chi connectivity index (χ3v) is 7.13. The lowest BCUT2D eigenvalue weighted by molar-refractivity contribution is -0.0331. The van der Waals surface area contributed by atoms with Gasteiger partial charge in [0.2, 0.25) is 0 Å². The maximum atomic E-state index is 11.5. The Morgan fingerprint density at radius 3 is 2.20 bits per heavy atom. The summed E-state index contributed by atoms with van der Waals surface area (Å²) in [5, 5.41) is 11.5. The lowest BCUT2D eigenvalue weighted by atomic mass is 9.80. The summed E-state index contributed by atoms with van der Waals surface area (Å²) in [4.78, 5) is 2.50. The number of aliphatic hydroxyl groups is 1.